The Morgan fingerprint density at radius 3 is 2.27 bits per heavy atom. The fraction of sp³-hybridized carbons (Fsp3) is 0.740. The van der Waals surface area contributed by atoms with Gasteiger partial charge in [-0.05, 0) is 107 Å². The fourth-order valence-electron chi connectivity index (χ4n) is 9.78. The molecule has 3 N–H and O–H groups in total. The van der Waals surface area contributed by atoms with Gasteiger partial charge >= 0.3 is 5.97 Å². The van der Waals surface area contributed by atoms with Crippen LogP contribution in [0.25, 0.3) is 0 Å². The Balaban J connectivity index is 1.67. The number of carbonyl (C=O) groups is 5. The monoisotopic (exact) mass is 884 g/mol. The van der Waals surface area contributed by atoms with E-state index in [9.17, 15) is 39.3 Å². The molecule has 0 aromatic carbocycles. The Morgan fingerprint density at radius 2 is 1.57 bits per heavy atom. The number of aliphatic hydroxyl groups is 3. The molecule has 0 aromatic heterocycles. The first-order valence-electron chi connectivity index (χ1n) is 23.4. The first-order valence-corrected chi connectivity index (χ1v) is 23.4. The van der Waals surface area contributed by atoms with Crippen LogP contribution in [-0.2, 0) is 42.9 Å². The lowest BCUT2D eigenvalue weighted by molar-refractivity contribution is -0.265. The van der Waals surface area contributed by atoms with Crippen molar-refractivity contribution >= 4 is 29.2 Å². The van der Waals surface area contributed by atoms with Crippen LogP contribution < -0.4 is 0 Å². The number of aliphatic hydroxyl groups excluding tert-OH is 2. The molecule has 13 heteroatoms. The van der Waals surface area contributed by atoms with E-state index in [0.717, 1.165) is 12.0 Å². The second-order valence-corrected chi connectivity index (χ2v) is 19.3. The Kier molecular flexibility index (Phi) is 20.1. The molecule has 14 unspecified atom stereocenters. The Labute approximate surface area is 375 Å². The third-order valence-corrected chi connectivity index (χ3v) is 14.2. The topological polar surface area (TPSA) is 186 Å². The highest BCUT2D eigenvalue weighted by Gasteiger charge is 2.53. The molecule has 3 fully saturated rings. The minimum absolute atomic E-state index is 0.0725. The van der Waals surface area contributed by atoms with E-state index in [-0.39, 0.29) is 67.1 Å². The quantitative estimate of drug-likeness (QED) is 0.154. The first-order chi connectivity index (χ1) is 29.8. The number of carbonyl (C=O) groups excluding carboxylic acids is 5. The maximum Gasteiger partial charge on any atom is 0.329 e. The van der Waals surface area contributed by atoms with Gasteiger partial charge in [-0.15, -0.1) is 0 Å². The Hall–Kier alpha value is -3.33. The summed E-state index contributed by atoms with van der Waals surface area (Å²) in [5.41, 5.74) is 1.39. The second kappa shape index (κ2) is 24.3. The van der Waals surface area contributed by atoms with Gasteiger partial charge in [-0.3, -0.25) is 19.2 Å². The van der Waals surface area contributed by atoms with Gasteiger partial charge in [0, 0.05) is 57.8 Å². The maximum atomic E-state index is 14.3. The highest BCUT2D eigenvalue weighted by Crippen LogP contribution is 2.37. The molecular formula is C50H77NO12. The van der Waals surface area contributed by atoms with Crippen LogP contribution in [0.4, 0.5) is 0 Å². The summed E-state index contributed by atoms with van der Waals surface area (Å²) in [6, 6.07) is -1.12. The fourth-order valence-corrected chi connectivity index (χ4v) is 9.78. The van der Waals surface area contributed by atoms with Crippen LogP contribution in [0.15, 0.2) is 47.6 Å². The summed E-state index contributed by atoms with van der Waals surface area (Å²) >= 11 is 0. The van der Waals surface area contributed by atoms with Gasteiger partial charge in [-0.2, -0.15) is 0 Å². The van der Waals surface area contributed by atoms with Gasteiger partial charge in [0.15, 0.2) is 0 Å². The number of methoxy groups -OCH3 is 2. The molecule has 1 aliphatic carbocycles. The largest absolute Gasteiger partial charge is 0.460 e. The number of piperidine rings is 1. The van der Waals surface area contributed by atoms with E-state index in [1.54, 1.807) is 41.1 Å². The Morgan fingerprint density at radius 1 is 0.841 bits per heavy atom. The van der Waals surface area contributed by atoms with Gasteiger partial charge in [-0.1, -0.05) is 71.1 Å². The molecular weight excluding hydrogens is 807 g/mol. The summed E-state index contributed by atoms with van der Waals surface area (Å²) in [5.74, 6) is -7.36. The van der Waals surface area contributed by atoms with Crippen molar-refractivity contribution in [3.63, 3.8) is 0 Å². The van der Waals surface area contributed by atoms with Gasteiger partial charge in [-0.25, -0.2) is 4.79 Å². The molecule has 63 heavy (non-hydrogen) atoms. The van der Waals surface area contributed by atoms with Crippen LogP contribution >= 0.6 is 0 Å². The van der Waals surface area contributed by atoms with Crippen molar-refractivity contribution in [1.82, 2.24) is 4.90 Å². The summed E-state index contributed by atoms with van der Waals surface area (Å²) in [7, 11) is 3.15. The van der Waals surface area contributed by atoms with Crippen molar-refractivity contribution in [3.05, 3.63) is 47.6 Å². The molecule has 4 aliphatic rings. The molecule has 2 saturated heterocycles. The smallest absolute Gasteiger partial charge is 0.329 e. The zero-order valence-corrected chi connectivity index (χ0v) is 39.3. The highest BCUT2D eigenvalue weighted by atomic mass is 16.6. The summed E-state index contributed by atoms with van der Waals surface area (Å²) in [5, 5.41) is 33.5. The minimum atomic E-state index is -2.42. The number of hydrogen-bond acceptors (Lipinski definition) is 12. The van der Waals surface area contributed by atoms with Gasteiger partial charge < -0.3 is 39.2 Å². The van der Waals surface area contributed by atoms with E-state index < -0.39 is 71.8 Å². The molecule has 0 aromatic rings. The molecule has 13 nitrogen and oxygen atoms in total. The predicted octanol–water partition coefficient (Wildman–Crippen LogP) is 6.56. The predicted molar refractivity (Wildman–Crippen MR) is 239 cm³/mol. The molecule has 3 aliphatic heterocycles. The molecule has 354 valence electrons. The molecule has 0 spiro atoms. The summed E-state index contributed by atoms with van der Waals surface area (Å²) in [6.45, 7) is 12.9. The lowest BCUT2D eigenvalue weighted by Crippen LogP contribution is -2.61. The van der Waals surface area contributed by atoms with Gasteiger partial charge in [0.25, 0.3) is 11.7 Å². The normalized spacial score (nSPS) is 38.8. The lowest BCUT2D eigenvalue weighted by atomic mass is 9.78. The Bertz CT molecular complexity index is 1700. The minimum Gasteiger partial charge on any atom is -0.460 e. The number of cyclic esters (lactones) is 1. The van der Waals surface area contributed by atoms with Gasteiger partial charge in [0.2, 0.25) is 5.79 Å². The number of allylic oxidation sites excluding steroid dienone is 6. The van der Waals surface area contributed by atoms with Crippen molar-refractivity contribution in [2.24, 2.45) is 35.5 Å². The third kappa shape index (κ3) is 14.3. The third-order valence-electron chi connectivity index (χ3n) is 14.2. The molecule has 1 saturated carbocycles. The average molecular weight is 884 g/mol. The first kappa shape index (κ1) is 52.3. The number of nitrogens with zero attached hydrogens (tertiary/aromatic N) is 1. The lowest BCUT2D eigenvalue weighted by Gasteiger charge is -2.42. The SMILES string of the molecule is COC1CC2CCC(C)C(O)(O2)C(=O)C(=O)N2CCCCC2C(=O)OC(C(C)CC2CCC(O)C(OC)C2)CC(=O)C(C)/C=C(\C)C(O)CC(=O)C(C)CC(C)/C=C\C=CC=C1C. The van der Waals surface area contributed by atoms with Crippen molar-refractivity contribution in [1.29, 1.82) is 0 Å². The van der Waals surface area contributed by atoms with E-state index in [2.05, 4.69) is 0 Å². The maximum absolute atomic E-state index is 14.3. The van der Waals surface area contributed by atoms with E-state index >= 15 is 0 Å². The highest BCUT2D eigenvalue weighted by molar-refractivity contribution is 6.39. The molecule has 4 rings (SSSR count). The van der Waals surface area contributed by atoms with Crippen LogP contribution in [0, 0.1) is 35.5 Å². The standard InChI is InChI=1S/C50H77NO12/c1-30-15-11-10-12-16-31(2)44(60-8)27-38-20-18-36(7)50(59,63-38)47(56)48(57)51-22-14-13-17-39(51)49(58)62-45(35(6)25-37-19-21-40(52)46(26-37)61-9)29-43(55)34(5)24-33(4)42(54)28-41(53)32(3)23-30/h10-12,15-16,24,30,32,34-40,42,44-46,52,54,59H,13-14,17-23,25-29H2,1-9H3/b12-10?,15-11-,31-16?,33-24+. The zero-order chi connectivity index (χ0) is 46.6. The van der Waals surface area contributed by atoms with Crippen molar-refractivity contribution < 1.29 is 58.2 Å². The van der Waals surface area contributed by atoms with E-state index in [1.165, 1.54) is 4.90 Å². The molecule has 0 radical (unpaired) electrons. The van der Waals surface area contributed by atoms with Crippen molar-refractivity contribution in [2.45, 2.75) is 180 Å². The summed E-state index contributed by atoms with van der Waals surface area (Å²) in [4.78, 5) is 71.1. The number of ketones is 3. The molecule has 3 heterocycles. The average Bonchev–Trinajstić information content (AvgIpc) is 3.25. The number of esters is 1. The summed E-state index contributed by atoms with van der Waals surface area (Å²) < 4.78 is 23.8. The van der Waals surface area contributed by atoms with E-state index in [0.29, 0.717) is 63.4 Å². The summed E-state index contributed by atoms with van der Waals surface area (Å²) in [6.07, 6.45) is 13.0. The number of Topliss-reactive ketones (excluding diaryl/α,β-unsaturated/α-hetero) is 3. The number of amides is 1. The molecule has 2 bridgehead atoms. The number of ether oxygens (including phenoxy) is 4. The van der Waals surface area contributed by atoms with Gasteiger partial charge in [0.05, 0.1) is 30.5 Å². The van der Waals surface area contributed by atoms with Crippen LogP contribution in [-0.4, -0.2) is 119 Å². The molecule has 14 atom stereocenters. The zero-order valence-electron chi connectivity index (χ0n) is 39.3. The van der Waals surface area contributed by atoms with Crippen LogP contribution in [0.3, 0.4) is 0 Å². The number of fused-ring (bicyclic) bond motifs is 3. The van der Waals surface area contributed by atoms with Crippen LogP contribution in [0.5, 0.6) is 0 Å². The number of rotatable bonds is 5. The second-order valence-electron chi connectivity index (χ2n) is 19.3. The van der Waals surface area contributed by atoms with Gasteiger partial charge in [0.1, 0.15) is 23.7 Å². The van der Waals surface area contributed by atoms with E-state index in [4.69, 9.17) is 18.9 Å². The number of hydrogen-bond donors (Lipinski definition) is 3. The van der Waals surface area contributed by atoms with Crippen molar-refractivity contribution in [2.75, 3.05) is 20.8 Å². The van der Waals surface area contributed by atoms with Crippen LogP contribution in [0.1, 0.15) is 132 Å². The molecule has 1 amide bonds. The van der Waals surface area contributed by atoms with E-state index in [1.807, 2.05) is 58.1 Å². The van der Waals surface area contributed by atoms with Crippen molar-refractivity contribution in [3.8, 4) is 0 Å². The van der Waals surface area contributed by atoms with Crippen LogP contribution in [0.2, 0.25) is 0 Å².